The lowest BCUT2D eigenvalue weighted by atomic mass is 10.1. The first-order chi connectivity index (χ1) is 15.4. The second kappa shape index (κ2) is 11.9. The zero-order chi connectivity index (χ0) is 23.5. The third kappa shape index (κ3) is 7.31. The molecule has 170 valence electrons. The topological polar surface area (TPSA) is 126 Å². The highest BCUT2D eigenvalue weighted by Crippen LogP contribution is 2.18. The molecule has 1 amide bonds. The third-order valence-corrected chi connectivity index (χ3v) is 4.06. The third-order valence-electron chi connectivity index (χ3n) is 4.06. The molecule has 10 nitrogen and oxygen atoms in total. The number of hydrogen-bond donors (Lipinski definition) is 1. The predicted molar refractivity (Wildman–Crippen MR) is 112 cm³/mol. The zero-order valence-corrected chi connectivity index (χ0v) is 17.8. The number of carbonyl (C=O) groups excluding carboxylic acids is 4. The summed E-state index contributed by atoms with van der Waals surface area (Å²) in [4.78, 5) is 47.5. The summed E-state index contributed by atoms with van der Waals surface area (Å²) in [7, 11) is 3.92. The highest BCUT2D eigenvalue weighted by Gasteiger charge is 2.15. The van der Waals surface area contributed by atoms with Gasteiger partial charge in [-0.15, -0.1) is 0 Å². The number of esters is 3. The van der Waals surface area contributed by atoms with E-state index in [2.05, 4.69) is 14.8 Å². The van der Waals surface area contributed by atoms with Crippen molar-refractivity contribution >= 4 is 29.5 Å². The summed E-state index contributed by atoms with van der Waals surface area (Å²) in [5.41, 5.74) is 0.217. The molecule has 0 fully saturated rings. The Morgan fingerprint density at radius 1 is 0.812 bits per heavy atom. The molecule has 0 aliphatic heterocycles. The van der Waals surface area contributed by atoms with E-state index >= 15 is 0 Å². The Bertz CT molecular complexity index is 936. The number of anilines is 1. The van der Waals surface area contributed by atoms with Crippen molar-refractivity contribution in [2.24, 2.45) is 0 Å². The van der Waals surface area contributed by atoms with Gasteiger partial charge in [-0.05, 0) is 42.5 Å². The molecule has 0 bridgehead atoms. The Hall–Kier alpha value is -4.08. The van der Waals surface area contributed by atoms with Gasteiger partial charge in [-0.25, -0.2) is 9.59 Å². The van der Waals surface area contributed by atoms with Crippen LogP contribution in [0.5, 0.6) is 11.5 Å². The molecule has 2 aromatic rings. The van der Waals surface area contributed by atoms with Crippen LogP contribution in [0.15, 0.2) is 42.5 Å². The van der Waals surface area contributed by atoms with Crippen molar-refractivity contribution < 1.29 is 42.9 Å². The van der Waals surface area contributed by atoms with Crippen molar-refractivity contribution in [2.45, 2.75) is 6.42 Å². The standard InChI is InChI=1S/C22H23NO9/c1-28-17-4-6-18(7-5-17)31-9-8-20(25)32-13-19(24)23-16-11-14(21(26)29-2)10-15(12-16)22(27)30-3/h4-7,10-12H,8-9,13H2,1-3H3,(H,23,24). The minimum Gasteiger partial charge on any atom is -0.497 e. The molecule has 0 saturated carbocycles. The highest BCUT2D eigenvalue weighted by atomic mass is 16.5. The van der Waals surface area contributed by atoms with Crippen LogP contribution >= 0.6 is 0 Å². The van der Waals surface area contributed by atoms with Crippen LogP contribution in [0.1, 0.15) is 27.1 Å². The van der Waals surface area contributed by atoms with E-state index in [1.165, 1.54) is 32.4 Å². The molecule has 10 heteroatoms. The molecule has 0 aliphatic rings. The van der Waals surface area contributed by atoms with E-state index in [-0.39, 0.29) is 29.8 Å². The molecule has 32 heavy (non-hydrogen) atoms. The van der Waals surface area contributed by atoms with E-state index in [0.29, 0.717) is 11.5 Å². The highest BCUT2D eigenvalue weighted by molar-refractivity contribution is 5.99. The lowest BCUT2D eigenvalue weighted by Gasteiger charge is -2.10. The smallest absolute Gasteiger partial charge is 0.337 e. The van der Waals surface area contributed by atoms with Gasteiger partial charge >= 0.3 is 17.9 Å². The Balaban J connectivity index is 1.85. The van der Waals surface area contributed by atoms with Crippen molar-refractivity contribution in [3.8, 4) is 11.5 Å². The van der Waals surface area contributed by atoms with E-state index in [9.17, 15) is 19.2 Å². The van der Waals surface area contributed by atoms with Gasteiger partial charge in [0.25, 0.3) is 5.91 Å². The number of benzene rings is 2. The van der Waals surface area contributed by atoms with Gasteiger partial charge in [-0.2, -0.15) is 0 Å². The van der Waals surface area contributed by atoms with Gasteiger partial charge in [0.15, 0.2) is 6.61 Å². The monoisotopic (exact) mass is 445 g/mol. The quantitative estimate of drug-likeness (QED) is 0.433. The Morgan fingerprint density at radius 3 is 1.91 bits per heavy atom. The molecular formula is C22H23NO9. The molecule has 0 atom stereocenters. The van der Waals surface area contributed by atoms with Crippen LogP contribution in [0.3, 0.4) is 0 Å². The van der Waals surface area contributed by atoms with Crippen LogP contribution in [-0.2, 0) is 23.8 Å². The molecule has 0 radical (unpaired) electrons. The van der Waals surface area contributed by atoms with Crippen molar-refractivity contribution in [1.82, 2.24) is 0 Å². The number of hydrogen-bond acceptors (Lipinski definition) is 9. The number of carbonyl (C=O) groups is 4. The van der Waals surface area contributed by atoms with Crippen molar-refractivity contribution in [3.05, 3.63) is 53.6 Å². The molecule has 0 unspecified atom stereocenters. The van der Waals surface area contributed by atoms with Gasteiger partial charge < -0.3 is 29.0 Å². The molecule has 0 aliphatic carbocycles. The van der Waals surface area contributed by atoms with Crippen LogP contribution in [-0.4, -0.2) is 58.4 Å². The zero-order valence-electron chi connectivity index (χ0n) is 17.8. The molecule has 0 aromatic heterocycles. The number of methoxy groups -OCH3 is 3. The molecule has 2 aromatic carbocycles. The van der Waals surface area contributed by atoms with Gasteiger partial charge in [-0.3, -0.25) is 9.59 Å². The lowest BCUT2D eigenvalue weighted by molar-refractivity contribution is -0.147. The predicted octanol–water partition coefficient (Wildman–Crippen LogP) is 2.22. The summed E-state index contributed by atoms with van der Waals surface area (Å²) in [6, 6.07) is 10.8. The van der Waals surface area contributed by atoms with Gasteiger partial charge in [-0.1, -0.05) is 0 Å². The van der Waals surface area contributed by atoms with E-state index in [0.717, 1.165) is 0 Å². The van der Waals surface area contributed by atoms with E-state index in [1.54, 1.807) is 31.4 Å². The van der Waals surface area contributed by atoms with Gasteiger partial charge in [0.2, 0.25) is 0 Å². The summed E-state index contributed by atoms with van der Waals surface area (Å²) < 4.78 is 24.7. The first-order valence-electron chi connectivity index (χ1n) is 9.40. The maximum Gasteiger partial charge on any atom is 0.337 e. The second-order valence-corrected chi connectivity index (χ2v) is 6.27. The number of nitrogens with one attached hydrogen (secondary N) is 1. The fraction of sp³-hybridized carbons (Fsp3) is 0.273. The van der Waals surface area contributed by atoms with Crippen LogP contribution in [0.4, 0.5) is 5.69 Å². The van der Waals surface area contributed by atoms with Crippen LogP contribution in [0, 0.1) is 0 Å². The average Bonchev–Trinajstić information content (AvgIpc) is 2.81. The first kappa shape index (κ1) is 24.2. The maximum atomic E-state index is 12.1. The van der Waals surface area contributed by atoms with Crippen molar-refractivity contribution in [1.29, 1.82) is 0 Å². The van der Waals surface area contributed by atoms with Gasteiger partial charge in [0.05, 0.1) is 45.5 Å². The maximum absolute atomic E-state index is 12.1. The Morgan fingerprint density at radius 2 is 1.38 bits per heavy atom. The fourth-order valence-corrected chi connectivity index (χ4v) is 2.51. The summed E-state index contributed by atoms with van der Waals surface area (Å²) in [6.45, 7) is -0.492. The van der Waals surface area contributed by atoms with Gasteiger partial charge in [0.1, 0.15) is 11.5 Å². The lowest BCUT2D eigenvalue weighted by Crippen LogP contribution is -2.22. The summed E-state index contributed by atoms with van der Waals surface area (Å²) in [5.74, 6) is -1.45. The average molecular weight is 445 g/mol. The fourth-order valence-electron chi connectivity index (χ4n) is 2.51. The summed E-state index contributed by atoms with van der Waals surface area (Å²) >= 11 is 0. The largest absolute Gasteiger partial charge is 0.497 e. The van der Waals surface area contributed by atoms with E-state index in [1.807, 2.05) is 0 Å². The molecule has 0 spiro atoms. The van der Waals surface area contributed by atoms with E-state index in [4.69, 9.17) is 14.2 Å². The first-order valence-corrected chi connectivity index (χ1v) is 9.40. The number of rotatable bonds is 10. The Labute approximate surface area is 184 Å². The SMILES string of the molecule is COC(=O)c1cc(NC(=O)COC(=O)CCOc2ccc(OC)cc2)cc(C(=O)OC)c1. The van der Waals surface area contributed by atoms with Gasteiger partial charge in [0, 0.05) is 5.69 Å². The van der Waals surface area contributed by atoms with Crippen LogP contribution in [0.25, 0.3) is 0 Å². The summed E-state index contributed by atoms with van der Waals surface area (Å²) in [5, 5.41) is 2.45. The molecular weight excluding hydrogens is 422 g/mol. The normalized spacial score (nSPS) is 9.97. The molecule has 0 heterocycles. The summed E-state index contributed by atoms with van der Waals surface area (Å²) in [6.07, 6.45) is -0.0658. The van der Waals surface area contributed by atoms with Crippen molar-refractivity contribution in [2.75, 3.05) is 39.9 Å². The number of ether oxygens (including phenoxy) is 5. The second-order valence-electron chi connectivity index (χ2n) is 6.27. The molecule has 2 rings (SSSR count). The van der Waals surface area contributed by atoms with Crippen molar-refractivity contribution in [3.63, 3.8) is 0 Å². The molecule has 1 N–H and O–H groups in total. The Kier molecular flexibility index (Phi) is 9.03. The number of amides is 1. The molecule has 0 saturated heterocycles. The minimum absolute atomic E-state index is 0.0402. The van der Waals surface area contributed by atoms with Crippen LogP contribution in [0.2, 0.25) is 0 Å². The van der Waals surface area contributed by atoms with Crippen LogP contribution < -0.4 is 14.8 Å². The minimum atomic E-state index is -0.700. The van der Waals surface area contributed by atoms with E-state index < -0.39 is 30.4 Å².